The second-order valence-electron chi connectivity index (χ2n) is 6.73. The third kappa shape index (κ3) is 6.27. The molecular formula is C21H29IN4OS. The van der Waals surface area contributed by atoms with E-state index in [1.807, 2.05) is 19.3 Å². The Morgan fingerprint density at radius 2 is 1.96 bits per heavy atom. The number of rotatable bonds is 5. The van der Waals surface area contributed by atoms with Crippen molar-refractivity contribution in [2.24, 2.45) is 4.99 Å². The number of hydrogen-bond acceptors (Lipinski definition) is 3. The van der Waals surface area contributed by atoms with Gasteiger partial charge in [0.15, 0.2) is 5.96 Å². The number of nitrogens with one attached hydrogen (secondary N) is 1. The van der Waals surface area contributed by atoms with Gasteiger partial charge in [-0.1, -0.05) is 37.3 Å². The summed E-state index contributed by atoms with van der Waals surface area (Å²) >= 11 is 2.06. The van der Waals surface area contributed by atoms with E-state index in [2.05, 4.69) is 58.2 Å². The Hall–Kier alpha value is -1.48. The summed E-state index contributed by atoms with van der Waals surface area (Å²) in [6.07, 6.45) is 3.02. The Kier molecular flexibility index (Phi) is 9.37. The quantitative estimate of drug-likeness (QED) is 0.379. The summed E-state index contributed by atoms with van der Waals surface area (Å²) in [6.45, 7) is 5.71. The molecule has 1 N–H and O–H groups in total. The van der Waals surface area contributed by atoms with Gasteiger partial charge in [-0.3, -0.25) is 9.79 Å². The first-order chi connectivity index (χ1) is 13.2. The molecule has 1 unspecified atom stereocenters. The van der Waals surface area contributed by atoms with Crippen molar-refractivity contribution in [2.75, 3.05) is 25.9 Å². The minimum atomic E-state index is 0. The first-order valence-electron chi connectivity index (χ1n) is 9.50. The molecule has 1 aromatic carbocycles. The van der Waals surface area contributed by atoms with Crippen molar-refractivity contribution in [3.63, 3.8) is 0 Å². The summed E-state index contributed by atoms with van der Waals surface area (Å²) in [4.78, 5) is 18.7. The summed E-state index contributed by atoms with van der Waals surface area (Å²) in [6, 6.07) is 13.6. The fourth-order valence-corrected chi connectivity index (χ4v) is 4.40. The molecule has 0 saturated carbocycles. The molecule has 1 saturated heterocycles. The smallest absolute Gasteiger partial charge is 0.250 e. The van der Waals surface area contributed by atoms with Gasteiger partial charge in [-0.25, -0.2) is 0 Å². The van der Waals surface area contributed by atoms with E-state index >= 15 is 0 Å². The summed E-state index contributed by atoms with van der Waals surface area (Å²) in [5.74, 6) is 2.14. The van der Waals surface area contributed by atoms with Gasteiger partial charge in [0.1, 0.15) is 0 Å². The van der Waals surface area contributed by atoms with Gasteiger partial charge in [-0.2, -0.15) is 11.8 Å². The van der Waals surface area contributed by atoms with E-state index in [1.165, 1.54) is 12.0 Å². The van der Waals surface area contributed by atoms with Crippen LogP contribution in [0.4, 0.5) is 0 Å². The van der Waals surface area contributed by atoms with Crippen LogP contribution in [-0.2, 0) is 13.1 Å². The van der Waals surface area contributed by atoms with Crippen LogP contribution in [0.2, 0.25) is 0 Å². The van der Waals surface area contributed by atoms with Gasteiger partial charge in [-0.15, -0.1) is 24.0 Å². The van der Waals surface area contributed by atoms with E-state index in [0.29, 0.717) is 11.8 Å². The normalized spacial score (nSPS) is 17.1. The third-order valence-corrected chi connectivity index (χ3v) is 6.20. The number of hydrogen-bond donors (Lipinski definition) is 1. The fraction of sp³-hybridized carbons (Fsp3) is 0.429. The second-order valence-corrected chi connectivity index (χ2v) is 8.14. The van der Waals surface area contributed by atoms with E-state index in [4.69, 9.17) is 0 Å². The molecule has 1 fully saturated rings. The molecule has 152 valence electrons. The van der Waals surface area contributed by atoms with Crippen LogP contribution < -0.4 is 10.9 Å². The summed E-state index contributed by atoms with van der Waals surface area (Å²) < 4.78 is 1.72. The highest BCUT2D eigenvalue weighted by Gasteiger charge is 2.21. The van der Waals surface area contributed by atoms with Gasteiger partial charge in [-0.05, 0) is 23.6 Å². The monoisotopic (exact) mass is 512 g/mol. The van der Waals surface area contributed by atoms with Gasteiger partial charge in [0.25, 0.3) is 5.56 Å². The number of aliphatic imine (C=N–C) groups is 1. The number of guanidine groups is 1. The van der Waals surface area contributed by atoms with Crippen molar-refractivity contribution in [1.82, 2.24) is 14.8 Å². The molecule has 5 nitrogen and oxygen atoms in total. The average molecular weight is 512 g/mol. The van der Waals surface area contributed by atoms with Crippen LogP contribution in [0, 0.1) is 0 Å². The summed E-state index contributed by atoms with van der Waals surface area (Å²) in [5.41, 5.74) is 2.35. The van der Waals surface area contributed by atoms with Crippen molar-refractivity contribution in [1.29, 1.82) is 0 Å². The highest BCUT2D eigenvalue weighted by Crippen LogP contribution is 2.21. The van der Waals surface area contributed by atoms with Crippen LogP contribution in [0.15, 0.2) is 58.4 Å². The SMILES string of the molecule is CCC1CN(C(=NC)NCc2ccc(Cn3ccccc3=O)cc2)CCS1.I. The Labute approximate surface area is 188 Å². The number of pyridine rings is 1. The number of halogens is 1. The lowest BCUT2D eigenvalue weighted by Gasteiger charge is -2.34. The van der Waals surface area contributed by atoms with Crippen LogP contribution in [0.5, 0.6) is 0 Å². The molecule has 1 aliphatic heterocycles. The largest absolute Gasteiger partial charge is 0.352 e. The van der Waals surface area contributed by atoms with E-state index < -0.39 is 0 Å². The van der Waals surface area contributed by atoms with Gasteiger partial charge < -0.3 is 14.8 Å². The predicted octanol–water partition coefficient (Wildman–Crippen LogP) is 3.42. The number of nitrogens with zero attached hydrogens (tertiary/aromatic N) is 3. The van der Waals surface area contributed by atoms with Crippen LogP contribution in [-0.4, -0.2) is 46.6 Å². The topological polar surface area (TPSA) is 49.6 Å². The Morgan fingerprint density at radius 1 is 1.21 bits per heavy atom. The maximum Gasteiger partial charge on any atom is 0.250 e. The maximum atomic E-state index is 11.8. The molecule has 1 atom stereocenters. The van der Waals surface area contributed by atoms with E-state index in [1.54, 1.807) is 16.7 Å². The van der Waals surface area contributed by atoms with Crippen LogP contribution in [0.3, 0.4) is 0 Å². The molecule has 1 aliphatic rings. The Bertz CT molecular complexity index is 822. The van der Waals surface area contributed by atoms with Crippen LogP contribution in [0.25, 0.3) is 0 Å². The molecule has 7 heteroatoms. The standard InChI is InChI=1S/C21H28N4OS.HI/c1-3-19-16-25(12-13-27-19)21(22-2)23-14-17-7-9-18(10-8-17)15-24-11-5-4-6-20(24)26;/h4-11,19H,3,12-16H2,1-2H3,(H,22,23);1H. The number of aromatic nitrogens is 1. The molecule has 0 amide bonds. The second kappa shape index (κ2) is 11.5. The number of thioether (sulfide) groups is 1. The molecule has 0 spiro atoms. The van der Waals surface area contributed by atoms with Gasteiger partial charge >= 0.3 is 0 Å². The number of benzene rings is 1. The van der Waals surface area contributed by atoms with Gasteiger partial charge in [0.2, 0.25) is 0 Å². The minimum Gasteiger partial charge on any atom is -0.352 e. The maximum absolute atomic E-state index is 11.8. The minimum absolute atomic E-state index is 0. The van der Waals surface area contributed by atoms with E-state index in [0.717, 1.165) is 36.9 Å². The lowest BCUT2D eigenvalue weighted by Crippen LogP contribution is -2.47. The molecule has 0 bridgehead atoms. The first kappa shape index (κ1) is 22.8. The average Bonchev–Trinajstić information content (AvgIpc) is 2.71. The highest BCUT2D eigenvalue weighted by atomic mass is 127. The Balaban J connectivity index is 0.00000280. The van der Waals surface area contributed by atoms with Gasteiger partial charge in [0.05, 0.1) is 6.54 Å². The van der Waals surface area contributed by atoms with Gasteiger partial charge in [0, 0.05) is 49.9 Å². The van der Waals surface area contributed by atoms with E-state index in [9.17, 15) is 4.79 Å². The lowest BCUT2D eigenvalue weighted by atomic mass is 10.1. The van der Waals surface area contributed by atoms with Crippen molar-refractivity contribution < 1.29 is 0 Å². The molecule has 28 heavy (non-hydrogen) atoms. The molecule has 1 aromatic heterocycles. The fourth-order valence-electron chi connectivity index (χ4n) is 3.22. The molecule has 2 aromatic rings. The zero-order valence-corrected chi connectivity index (χ0v) is 19.7. The molecule has 0 aliphatic carbocycles. The van der Waals surface area contributed by atoms with E-state index in [-0.39, 0.29) is 29.5 Å². The molecule has 3 rings (SSSR count). The Morgan fingerprint density at radius 3 is 2.64 bits per heavy atom. The molecule has 2 heterocycles. The highest BCUT2D eigenvalue weighted by molar-refractivity contribution is 14.0. The molecular weight excluding hydrogens is 483 g/mol. The lowest BCUT2D eigenvalue weighted by molar-refractivity contribution is 0.408. The van der Waals surface area contributed by atoms with Crippen molar-refractivity contribution in [3.8, 4) is 0 Å². The summed E-state index contributed by atoms with van der Waals surface area (Å²) in [7, 11) is 1.85. The van der Waals surface area contributed by atoms with Crippen LogP contribution >= 0.6 is 35.7 Å². The third-order valence-electron chi connectivity index (χ3n) is 4.83. The molecule has 0 radical (unpaired) electrons. The zero-order chi connectivity index (χ0) is 19.1. The zero-order valence-electron chi connectivity index (χ0n) is 16.5. The first-order valence-corrected chi connectivity index (χ1v) is 10.5. The predicted molar refractivity (Wildman–Crippen MR) is 130 cm³/mol. The van der Waals surface area contributed by atoms with Crippen LogP contribution in [0.1, 0.15) is 24.5 Å². The summed E-state index contributed by atoms with van der Waals surface area (Å²) in [5, 5.41) is 4.18. The van der Waals surface area contributed by atoms with Crippen molar-refractivity contribution in [3.05, 3.63) is 70.1 Å². The van der Waals surface area contributed by atoms with Crippen molar-refractivity contribution >= 4 is 41.7 Å². The van der Waals surface area contributed by atoms with Crippen molar-refractivity contribution in [2.45, 2.75) is 31.7 Å².